The summed E-state index contributed by atoms with van der Waals surface area (Å²) in [7, 11) is 2.20. The number of aromatic nitrogens is 2. The summed E-state index contributed by atoms with van der Waals surface area (Å²) < 4.78 is 5.54. The highest BCUT2D eigenvalue weighted by Gasteiger charge is 2.31. The molecule has 1 aromatic carbocycles. The third kappa shape index (κ3) is 7.89. The van der Waals surface area contributed by atoms with E-state index in [9.17, 15) is 9.59 Å². The summed E-state index contributed by atoms with van der Waals surface area (Å²) >= 11 is 0. The van der Waals surface area contributed by atoms with Crippen LogP contribution in [0.1, 0.15) is 63.1 Å². The molecule has 0 aliphatic carbocycles. The van der Waals surface area contributed by atoms with E-state index >= 15 is 0 Å². The van der Waals surface area contributed by atoms with Crippen molar-refractivity contribution in [1.29, 1.82) is 0 Å². The monoisotopic (exact) mass is 607 g/mol. The Bertz CT molecular complexity index is 1300. The van der Waals surface area contributed by atoms with Gasteiger partial charge in [0.2, 0.25) is 0 Å². The van der Waals surface area contributed by atoms with Gasteiger partial charge in [-0.15, -0.1) is 0 Å². The van der Waals surface area contributed by atoms with Crippen molar-refractivity contribution >= 4 is 35.0 Å². The number of hydrogen-bond acceptors (Lipinski definition) is 10. The molecule has 3 aliphatic rings. The van der Waals surface area contributed by atoms with E-state index in [1.165, 1.54) is 31.6 Å². The van der Waals surface area contributed by atoms with Crippen LogP contribution in [0, 0.1) is 0 Å². The number of likely N-dealkylation sites (tertiary alicyclic amines) is 1. The Morgan fingerprint density at radius 2 is 1.64 bits per heavy atom. The fourth-order valence-electron chi connectivity index (χ4n) is 6.22. The molecule has 1 atom stereocenters. The molecule has 3 fully saturated rings. The predicted molar refractivity (Wildman–Crippen MR) is 174 cm³/mol. The predicted octanol–water partition coefficient (Wildman–Crippen LogP) is 3.52. The van der Waals surface area contributed by atoms with Crippen LogP contribution in [0.25, 0.3) is 0 Å². The Hall–Kier alpha value is -3.64. The minimum absolute atomic E-state index is 0.0194. The average molecular weight is 608 g/mol. The number of nitrogens with two attached hydrogens (primary N) is 1. The van der Waals surface area contributed by atoms with Crippen LogP contribution in [0.5, 0.6) is 0 Å². The number of benzene rings is 1. The summed E-state index contributed by atoms with van der Waals surface area (Å²) in [5.74, 6) is 0.244. The van der Waals surface area contributed by atoms with E-state index in [-0.39, 0.29) is 17.8 Å². The number of hydrogen-bond donors (Lipinski definition) is 3. The lowest BCUT2D eigenvalue weighted by Gasteiger charge is -2.42. The van der Waals surface area contributed by atoms with Gasteiger partial charge in [0.25, 0.3) is 5.91 Å². The van der Waals surface area contributed by atoms with Gasteiger partial charge in [-0.05, 0) is 77.8 Å². The topological polar surface area (TPSA) is 132 Å². The first-order valence-electron chi connectivity index (χ1n) is 16.0. The van der Waals surface area contributed by atoms with Gasteiger partial charge in [0.05, 0.1) is 5.69 Å². The number of primary amides is 1. The number of likely N-dealkylation sites (N-methyl/N-ethyl adjacent to an activating group) is 1. The number of piperazine rings is 1. The maximum Gasteiger partial charge on any atom is 0.410 e. The van der Waals surface area contributed by atoms with Crippen LogP contribution in [-0.4, -0.2) is 114 Å². The van der Waals surface area contributed by atoms with E-state index in [0.717, 1.165) is 38.3 Å². The van der Waals surface area contributed by atoms with E-state index in [0.29, 0.717) is 42.9 Å². The lowest BCUT2D eigenvalue weighted by atomic mass is 10.0. The van der Waals surface area contributed by atoms with E-state index < -0.39 is 11.5 Å². The normalized spacial score (nSPS) is 20.5. The number of nitrogens with zero attached hydrogens (tertiary/aromatic N) is 6. The minimum atomic E-state index is -0.641. The van der Waals surface area contributed by atoms with Crippen molar-refractivity contribution in [2.24, 2.45) is 5.73 Å². The standard InChI is InChI=1S/C32H49N9O3/c1-6-26-29(35-23-11-14-41(21-23)31(43)44-32(2,3)4)37-30(27(36-26)28(33)42)34-22-7-9-24(10-8-22)39-15-12-25(13-16-39)40-19-17-38(5)18-20-40/h7-10,23,25H,6,11-21H2,1-5H3,(H2,33,42)(H2,34,35,37)/t23-/m1/s1. The second-order valence-corrected chi connectivity index (χ2v) is 13.2. The quantitative estimate of drug-likeness (QED) is 0.410. The van der Waals surface area contributed by atoms with Crippen molar-refractivity contribution < 1.29 is 14.3 Å². The number of amides is 2. The molecule has 3 aliphatic heterocycles. The maximum atomic E-state index is 12.6. The SMILES string of the molecule is CCc1nc(C(N)=O)c(Nc2ccc(N3CCC(N4CCN(C)CC4)CC3)cc2)nc1N[C@@H]1CCN(C(=O)OC(C)(C)C)C1. The largest absolute Gasteiger partial charge is 0.444 e. The number of carbonyl (C=O) groups excluding carboxylic acids is 2. The van der Waals surface area contributed by atoms with Crippen molar-refractivity contribution in [3.63, 3.8) is 0 Å². The fraction of sp³-hybridized carbons (Fsp3) is 0.625. The Kier molecular flexibility index (Phi) is 9.79. The molecule has 5 rings (SSSR count). The third-order valence-corrected chi connectivity index (χ3v) is 8.73. The molecule has 240 valence electrons. The molecule has 12 nitrogen and oxygen atoms in total. The van der Waals surface area contributed by atoms with Crippen LogP contribution in [0.4, 0.5) is 27.8 Å². The average Bonchev–Trinajstić information content (AvgIpc) is 3.46. The molecule has 4 heterocycles. The van der Waals surface area contributed by atoms with Crippen molar-refractivity contribution in [1.82, 2.24) is 24.7 Å². The Morgan fingerprint density at radius 3 is 2.25 bits per heavy atom. The van der Waals surface area contributed by atoms with Gasteiger partial charge in [0.15, 0.2) is 17.3 Å². The Labute approximate surface area is 261 Å². The number of ether oxygens (including phenoxy) is 1. The Morgan fingerprint density at radius 1 is 0.955 bits per heavy atom. The first-order chi connectivity index (χ1) is 21.0. The van der Waals surface area contributed by atoms with Gasteiger partial charge in [0.1, 0.15) is 5.60 Å². The second-order valence-electron chi connectivity index (χ2n) is 13.2. The van der Waals surface area contributed by atoms with E-state index in [2.05, 4.69) is 49.5 Å². The molecule has 44 heavy (non-hydrogen) atoms. The van der Waals surface area contributed by atoms with Crippen molar-refractivity contribution in [3.05, 3.63) is 35.7 Å². The number of aryl methyl sites for hydroxylation is 1. The number of piperidine rings is 1. The van der Waals surface area contributed by atoms with Gasteiger partial charge in [0, 0.05) is 75.8 Å². The lowest BCUT2D eigenvalue weighted by Crippen LogP contribution is -2.52. The summed E-state index contributed by atoms with van der Waals surface area (Å²) in [4.78, 5) is 43.5. The second kappa shape index (κ2) is 13.6. The molecule has 0 unspecified atom stereocenters. The van der Waals surface area contributed by atoms with Crippen molar-refractivity contribution in [2.45, 2.75) is 71.1 Å². The summed E-state index contributed by atoms with van der Waals surface area (Å²) in [6.07, 6.45) is 3.35. The van der Waals surface area contributed by atoms with Crippen LogP contribution in [0.15, 0.2) is 24.3 Å². The molecule has 12 heteroatoms. The molecule has 2 aromatic rings. The van der Waals surface area contributed by atoms with Gasteiger partial charge >= 0.3 is 6.09 Å². The summed E-state index contributed by atoms with van der Waals surface area (Å²) in [6, 6.07) is 8.88. The van der Waals surface area contributed by atoms with Crippen LogP contribution in [0.3, 0.4) is 0 Å². The molecule has 0 saturated carbocycles. The third-order valence-electron chi connectivity index (χ3n) is 8.73. The zero-order chi connectivity index (χ0) is 31.4. The molecule has 0 radical (unpaired) electrons. The van der Waals surface area contributed by atoms with Gasteiger partial charge in [-0.25, -0.2) is 14.8 Å². The van der Waals surface area contributed by atoms with Crippen LogP contribution in [0.2, 0.25) is 0 Å². The van der Waals surface area contributed by atoms with Crippen LogP contribution in [-0.2, 0) is 11.2 Å². The highest BCUT2D eigenvalue weighted by molar-refractivity contribution is 5.96. The van der Waals surface area contributed by atoms with Gasteiger partial charge in [-0.1, -0.05) is 6.92 Å². The van der Waals surface area contributed by atoms with Crippen LogP contribution >= 0.6 is 0 Å². The highest BCUT2D eigenvalue weighted by atomic mass is 16.6. The minimum Gasteiger partial charge on any atom is -0.444 e. The Balaban J connectivity index is 1.23. The molecule has 2 amide bonds. The molecule has 0 spiro atoms. The number of carbonyl (C=O) groups is 2. The van der Waals surface area contributed by atoms with Gasteiger partial charge in [-0.3, -0.25) is 9.69 Å². The molecule has 3 saturated heterocycles. The van der Waals surface area contributed by atoms with E-state index in [4.69, 9.17) is 15.5 Å². The molecular weight excluding hydrogens is 558 g/mol. The molecule has 1 aromatic heterocycles. The van der Waals surface area contributed by atoms with Crippen LogP contribution < -0.4 is 21.3 Å². The smallest absolute Gasteiger partial charge is 0.410 e. The van der Waals surface area contributed by atoms with Gasteiger partial charge < -0.3 is 35.8 Å². The fourth-order valence-corrected chi connectivity index (χ4v) is 6.22. The maximum absolute atomic E-state index is 12.6. The number of nitrogens with one attached hydrogen (secondary N) is 2. The van der Waals surface area contributed by atoms with Gasteiger partial charge in [-0.2, -0.15) is 0 Å². The van der Waals surface area contributed by atoms with Crippen molar-refractivity contribution in [3.8, 4) is 0 Å². The van der Waals surface area contributed by atoms with E-state index in [1.807, 2.05) is 39.8 Å². The summed E-state index contributed by atoms with van der Waals surface area (Å²) in [5, 5.41) is 6.73. The zero-order valence-corrected chi connectivity index (χ0v) is 26.9. The first-order valence-corrected chi connectivity index (χ1v) is 16.0. The molecule has 0 bridgehead atoms. The number of anilines is 4. The summed E-state index contributed by atoms with van der Waals surface area (Å²) in [5.41, 5.74) is 7.92. The number of rotatable bonds is 8. The lowest BCUT2D eigenvalue weighted by molar-refractivity contribution is 0.0293. The highest BCUT2D eigenvalue weighted by Crippen LogP contribution is 2.28. The summed E-state index contributed by atoms with van der Waals surface area (Å²) in [6.45, 7) is 15.4. The first kappa shape index (κ1) is 31.8. The van der Waals surface area contributed by atoms with Crippen molar-refractivity contribution in [2.75, 3.05) is 74.9 Å². The zero-order valence-electron chi connectivity index (χ0n) is 26.9. The molecular formula is C32H49N9O3. The molecule has 4 N–H and O–H groups in total. The van der Waals surface area contributed by atoms with E-state index in [1.54, 1.807) is 4.90 Å².